The van der Waals surface area contributed by atoms with Crippen LogP contribution >= 0.6 is 0 Å². The van der Waals surface area contributed by atoms with Crippen LogP contribution < -0.4 is 5.14 Å². The number of hydrogen-bond donors (Lipinski definition) is 1. The highest BCUT2D eigenvalue weighted by Gasteiger charge is 2.19. The lowest BCUT2D eigenvalue weighted by Crippen LogP contribution is -2.13. The first-order valence-electron chi connectivity index (χ1n) is 6.10. The first kappa shape index (κ1) is 12.2. The third kappa shape index (κ3) is 1.70. The number of benzene rings is 4. The maximum Gasteiger partial charge on any atom is 0.238 e. The van der Waals surface area contributed by atoms with E-state index < -0.39 is 10.0 Å². The van der Waals surface area contributed by atoms with E-state index in [0.29, 0.717) is 11.1 Å². The van der Waals surface area contributed by atoms with Crippen LogP contribution in [0.3, 0.4) is 0 Å². The van der Waals surface area contributed by atoms with E-state index in [9.17, 15) is 8.42 Å². The Labute approximate surface area is 119 Å². The quantitative estimate of drug-likeness (QED) is 0.596. The summed E-state index contributed by atoms with van der Waals surface area (Å²) in [4.78, 5) is 0.107. The number of nitrogens with zero attached hydrogens (tertiary/aromatic N) is 4. The molecule has 5 aromatic rings. The Balaban J connectivity index is 2.26. The molecule has 1 heterocycles. The summed E-state index contributed by atoms with van der Waals surface area (Å²) in [5.41, 5.74) is 0.712. The average Bonchev–Trinajstić information content (AvgIpc) is 3.00. The molecule has 0 radical (unpaired) electrons. The van der Waals surface area contributed by atoms with Gasteiger partial charge in [-0.1, -0.05) is 24.3 Å². The van der Waals surface area contributed by atoms with Gasteiger partial charge in [0.1, 0.15) is 6.33 Å². The largest absolute Gasteiger partial charge is 0.238 e. The minimum Gasteiger partial charge on any atom is -0.225 e. The van der Waals surface area contributed by atoms with Crippen molar-refractivity contribution in [2.45, 2.75) is 4.90 Å². The van der Waals surface area contributed by atoms with Crippen molar-refractivity contribution >= 4 is 31.6 Å². The van der Waals surface area contributed by atoms with E-state index >= 15 is 0 Å². The molecule has 0 amide bonds. The fourth-order valence-electron chi connectivity index (χ4n) is 2.65. The normalized spacial score (nSPS) is 12.4. The first-order valence-corrected chi connectivity index (χ1v) is 7.64. The van der Waals surface area contributed by atoms with Crippen molar-refractivity contribution in [1.82, 2.24) is 20.2 Å². The van der Waals surface area contributed by atoms with Crippen molar-refractivity contribution in [2.24, 2.45) is 5.14 Å². The molecule has 1 aromatic heterocycles. The van der Waals surface area contributed by atoms with E-state index in [4.69, 9.17) is 5.14 Å². The van der Waals surface area contributed by atoms with Crippen molar-refractivity contribution in [3.63, 3.8) is 0 Å². The van der Waals surface area contributed by atoms with Crippen LogP contribution in [0.15, 0.2) is 47.6 Å². The average molecular weight is 299 g/mol. The first-order chi connectivity index (χ1) is 10.1. The van der Waals surface area contributed by atoms with Crippen molar-refractivity contribution in [3.8, 4) is 5.69 Å². The predicted octanol–water partition coefficient (Wildman–Crippen LogP) is 1.05. The highest BCUT2D eigenvalue weighted by atomic mass is 32.2. The van der Waals surface area contributed by atoms with Crippen LogP contribution in [0.2, 0.25) is 0 Å². The minimum absolute atomic E-state index is 0.107. The zero-order valence-corrected chi connectivity index (χ0v) is 11.4. The third-order valence-corrected chi connectivity index (χ3v) is 4.46. The van der Waals surface area contributed by atoms with Crippen LogP contribution in [-0.2, 0) is 10.0 Å². The van der Waals surface area contributed by atoms with Gasteiger partial charge in [0.2, 0.25) is 10.0 Å². The Hall–Kier alpha value is -2.58. The van der Waals surface area contributed by atoms with Gasteiger partial charge in [-0.3, -0.25) is 0 Å². The molecule has 0 aliphatic carbocycles. The van der Waals surface area contributed by atoms with Crippen LogP contribution in [0.1, 0.15) is 0 Å². The molecular formula is C13H9N5O2S. The Bertz CT molecular complexity index is 1040. The second-order valence-corrected chi connectivity index (χ2v) is 6.24. The Morgan fingerprint density at radius 3 is 2.19 bits per heavy atom. The molecule has 8 heteroatoms. The number of rotatable bonds is 2. The second kappa shape index (κ2) is 3.96. The van der Waals surface area contributed by atoms with Gasteiger partial charge >= 0.3 is 0 Å². The summed E-state index contributed by atoms with van der Waals surface area (Å²) < 4.78 is 25.2. The lowest BCUT2D eigenvalue weighted by molar-refractivity contribution is 0.598. The molecule has 0 atom stereocenters. The minimum atomic E-state index is -3.82. The second-order valence-electron chi connectivity index (χ2n) is 4.71. The molecule has 0 unspecified atom stereocenters. The summed E-state index contributed by atoms with van der Waals surface area (Å²) in [7, 11) is -3.82. The highest BCUT2D eigenvalue weighted by molar-refractivity contribution is 7.89. The van der Waals surface area contributed by atoms with E-state index in [1.165, 1.54) is 17.1 Å². The summed E-state index contributed by atoms with van der Waals surface area (Å²) in [5.74, 6) is 0. The number of hydrogen-bond acceptors (Lipinski definition) is 5. The molecule has 5 rings (SSSR count). The van der Waals surface area contributed by atoms with Gasteiger partial charge in [0.15, 0.2) is 0 Å². The molecule has 0 saturated heterocycles. The van der Waals surface area contributed by atoms with E-state index in [0.717, 1.165) is 16.2 Å². The molecule has 0 fully saturated rings. The van der Waals surface area contributed by atoms with Gasteiger partial charge in [0.25, 0.3) is 0 Å². The molecule has 0 aliphatic rings. The summed E-state index contributed by atoms with van der Waals surface area (Å²) in [5, 5.41) is 19.5. The number of aromatic nitrogens is 4. The van der Waals surface area contributed by atoms with Gasteiger partial charge in [0, 0.05) is 10.8 Å². The zero-order chi connectivity index (χ0) is 14.6. The van der Waals surface area contributed by atoms with Crippen molar-refractivity contribution < 1.29 is 8.42 Å². The lowest BCUT2D eigenvalue weighted by Gasteiger charge is -2.14. The van der Waals surface area contributed by atoms with Crippen LogP contribution in [0, 0.1) is 0 Å². The number of primary sulfonamides is 1. The van der Waals surface area contributed by atoms with Crippen molar-refractivity contribution in [3.05, 3.63) is 42.7 Å². The van der Waals surface area contributed by atoms with Gasteiger partial charge in [-0.2, -0.15) is 4.68 Å². The van der Waals surface area contributed by atoms with Crippen LogP contribution in [0.5, 0.6) is 0 Å². The summed E-state index contributed by atoms with van der Waals surface area (Å²) >= 11 is 0. The number of nitrogens with two attached hydrogens (primary N) is 1. The predicted molar refractivity (Wildman–Crippen MR) is 76.7 cm³/mol. The number of sulfonamides is 1. The molecule has 0 saturated carbocycles. The lowest BCUT2D eigenvalue weighted by atomic mass is 9.98. The fraction of sp³-hybridized carbons (Fsp3) is 0. The Morgan fingerprint density at radius 1 is 0.952 bits per heavy atom. The molecular weight excluding hydrogens is 290 g/mol. The Kier molecular flexibility index (Phi) is 2.30. The Morgan fingerprint density at radius 2 is 1.62 bits per heavy atom. The van der Waals surface area contributed by atoms with Crippen molar-refractivity contribution in [1.29, 1.82) is 0 Å². The van der Waals surface area contributed by atoms with Gasteiger partial charge in [-0.15, -0.1) is 5.10 Å². The smallest absolute Gasteiger partial charge is 0.225 e. The van der Waals surface area contributed by atoms with Gasteiger partial charge in [-0.05, 0) is 33.3 Å². The molecule has 0 spiro atoms. The fourth-order valence-corrected chi connectivity index (χ4v) is 3.42. The molecule has 21 heavy (non-hydrogen) atoms. The monoisotopic (exact) mass is 299 g/mol. The van der Waals surface area contributed by atoms with E-state index in [1.54, 1.807) is 6.07 Å². The zero-order valence-electron chi connectivity index (χ0n) is 10.6. The van der Waals surface area contributed by atoms with Crippen LogP contribution in [0.4, 0.5) is 0 Å². The topological polar surface area (TPSA) is 104 Å². The molecule has 7 nitrogen and oxygen atoms in total. The maximum absolute atomic E-state index is 11.8. The molecule has 2 N–H and O–H groups in total. The van der Waals surface area contributed by atoms with E-state index in [-0.39, 0.29) is 4.90 Å². The number of tetrazole rings is 1. The molecule has 4 aromatic carbocycles. The number of fused-ring (bicyclic) bond motifs is 2. The van der Waals surface area contributed by atoms with E-state index in [2.05, 4.69) is 15.5 Å². The molecule has 0 aliphatic heterocycles. The van der Waals surface area contributed by atoms with Crippen molar-refractivity contribution in [2.75, 3.05) is 0 Å². The summed E-state index contributed by atoms with van der Waals surface area (Å²) in [6.07, 6.45) is 1.47. The van der Waals surface area contributed by atoms with E-state index in [1.807, 2.05) is 24.3 Å². The SMILES string of the molecule is NS(=O)(=O)c1ccc(-n2cnnn2)c2c3ccc(cc3)c12. The maximum atomic E-state index is 11.8. The third-order valence-electron chi connectivity index (χ3n) is 3.51. The standard InChI is InChI=1S/C13H9N5O2S/c14-21(19,20)11-6-5-10(18-7-15-16-17-18)12-8-1-3-9(4-2-8)13(11)12/h1-7H,(H2,14,19,20). The van der Waals surface area contributed by atoms with Gasteiger partial charge < -0.3 is 0 Å². The van der Waals surface area contributed by atoms with Gasteiger partial charge in [-0.25, -0.2) is 13.6 Å². The van der Waals surface area contributed by atoms with Crippen LogP contribution in [0.25, 0.3) is 27.2 Å². The molecule has 2 bridgehead atoms. The van der Waals surface area contributed by atoms with Gasteiger partial charge in [0.05, 0.1) is 10.6 Å². The summed E-state index contributed by atoms with van der Waals surface area (Å²) in [6.45, 7) is 0. The highest BCUT2D eigenvalue weighted by Crippen LogP contribution is 2.36. The summed E-state index contributed by atoms with van der Waals surface area (Å²) in [6, 6.07) is 10.7. The van der Waals surface area contributed by atoms with Crippen LogP contribution in [-0.4, -0.2) is 28.6 Å². The molecule has 104 valence electrons.